The van der Waals surface area contributed by atoms with Gasteiger partial charge in [0.25, 0.3) is 0 Å². The zero-order chi connectivity index (χ0) is 31.5. The van der Waals surface area contributed by atoms with Crippen molar-refractivity contribution in [1.82, 2.24) is 13.7 Å². The number of benzene rings is 7. The minimum absolute atomic E-state index is 1.16. The monoisotopic (exact) mass is 603 g/mol. The topological polar surface area (TPSA) is 14.8 Å². The molecule has 0 saturated carbocycles. The van der Waals surface area contributed by atoms with Gasteiger partial charge in [-0.25, -0.2) is 0 Å². The van der Waals surface area contributed by atoms with Gasteiger partial charge in [-0.3, -0.25) is 0 Å². The number of nitrogens with zero attached hydrogens (tertiary/aromatic N) is 3. The molecule has 0 amide bonds. The van der Waals surface area contributed by atoms with E-state index in [1.165, 1.54) is 65.4 Å². The van der Waals surface area contributed by atoms with E-state index < -0.39 is 0 Å². The van der Waals surface area contributed by atoms with Crippen molar-refractivity contribution in [3.8, 4) is 17.1 Å². The van der Waals surface area contributed by atoms with E-state index in [0.717, 1.165) is 17.1 Å². The minimum atomic E-state index is 1.16. The van der Waals surface area contributed by atoms with Crippen LogP contribution in [0.2, 0.25) is 0 Å². The highest BCUT2D eigenvalue weighted by molar-refractivity contribution is 6.14. The van der Waals surface area contributed by atoms with Crippen molar-refractivity contribution in [2.45, 2.75) is 13.8 Å². The van der Waals surface area contributed by atoms with Crippen molar-refractivity contribution < 1.29 is 0 Å². The molecule has 10 aromatic rings. The van der Waals surface area contributed by atoms with Crippen LogP contribution in [0, 0.1) is 0 Å². The van der Waals surface area contributed by atoms with Gasteiger partial charge in [0.15, 0.2) is 0 Å². The number of fused-ring (bicyclic) bond motifs is 9. The van der Waals surface area contributed by atoms with Gasteiger partial charge >= 0.3 is 0 Å². The van der Waals surface area contributed by atoms with Gasteiger partial charge in [-0.2, -0.15) is 0 Å². The molecule has 7 aromatic carbocycles. The molecule has 0 bridgehead atoms. The molecule has 224 valence electrons. The molecule has 47 heavy (non-hydrogen) atoms. The molecule has 3 nitrogen and oxygen atoms in total. The molecule has 0 fully saturated rings. The third-order valence-corrected chi connectivity index (χ3v) is 9.42. The van der Waals surface area contributed by atoms with Crippen molar-refractivity contribution >= 4 is 65.4 Å². The van der Waals surface area contributed by atoms with Crippen LogP contribution in [0.1, 0.15) is 13.8 Å². The highest BCUT2D eigenvalue weighted by atomic mass is 15.0. The number of hydrogen-bond donors (Lipinski definition) is 0. The Hall–Kier alpha value is -6.06. The molecular weight excluding hydrogens is 571 g/mol. The van der Waals surface area contributed by atoms with Gasteiger partial charge in [-0.05, 0) is 72.8 Å². The van der Waals surface area contributed by atoms with E-state index in [0.29, 0.717) is 0 Å². The number of aromatic nitrogens is 3. The SMILES string of the molecule is CC.c1ccc(-n2c3ccc(-n4c5ccccc5c5ccccc54)cc3c3cc(-n4c5ccccc5c5ccccc54)ccc32)cc1. The second-order valence-corrected chi connectivity index (χ2v) is 11.8. The molecule has 0 N–H and O–H groups in total. The quantitative estimate of drug-likeness (QED) is 0.191. The van der Waals surface area contributed by atoms with Crippen LogP contribution >= 0.6 is 0 Å². The Kier molecular flexibility index (Phi) is 6.26. The van der Waals surface area contributed by atoms with Crippen LogP contribution in [-0.4, -0.2) is 13.7 Å². The molecule has 0 unspecified atom stereocenters. The van der Waals surface area contributed by atoms with Gasteiger partial charge < -0.3 is 13.7 Å². The zero-order valence-corrected chi connectivity index (χ0v) is 26.4. The summed E-state index contributed by atoms with van der Waals surface area (Å²) < 4.78 is 7.22. The van der Waals surface area contributed by atoms with Crippen LogP contribution < -0.4 is 0 Å². The summed E-state index contributed by atoms with van der Waals surface area (Å²) in [6.07, 6.45) is 0. The van der Waals surface area contributed by atoms with Crippen molar-refractivity contribution in [3.63, 3.8) is 0 Å². The van der Waals surface area contributed by atoms with E-state index in [4.69, 9.17) is 0 Å². The Labute approximate surface area is 273 Å². The highest BCUT2D eigenvalue weighted by Crippen LogP contribution is 2.39. The fraction of sp³-hybridized carbons (Fsp3) is 0.0455. The molecule has 0 aliphatic carbocycles. The van der Waals surface area contributed by atoms with Crippen LogP contribution in [0.4, 0.5) is 0 Å². The second-order valence-electron chi connectivity index (χ2n) is 11.8. The predicted molar refractivity (Wildman–Crippen MR) is 201 cm³/mol. The number of rotatable bonds is 3. The summed E-state index contributed by atoms with van der Waals surface area (Å²) in [5.41, 5.74) is 10.7. The second kappa shape index (κ2) is 10.8. The largest absolute Gasteiger partial charge is 0.309 e. The maximum Gasteiger partial charge on any atom is 0.0542 e. The van der Waals surface area contributed by atoms with E-state index >= 15 is 0 Å². The molecule has 3 aromatic heterocycles. The zero-order valence-electron chi connectivity index (χ0n) is 26.4. The van der Waals surface area contributed by atoms with Gasteiger partial charge in [0.05, 0.1) is 33.1 Å². The summed E-state index contributed by atoms with van der Waals surface area (Å²) in [5, 5.41) is 7.55. The summed E-state index contributed by atoms with van der Waals surface area (Å²) in [4.78, 5) is 0. The number of hydrogen-bond acceptors (Lipinski definition) is 0. The van der Waals surface area contributed by atoms with E-state index in [1.54, 1.807) is 0 Å². The molecule has 0 aliphatic rings. The predicted octanol–water partition coefficient (Wildman–Crippen LogP) is 12.0. The van der Waals surface area contributed by atoms with Crippen LogP contribution in [0.5, 0.6) is 0 Å². The van der Waals surface area contributed by atoms with E-state index in [2.05, 4.69) is 177 Å². The molecule has 0 aliphatic heterocycles. The molecule has 0 spiro atoms. The third-order valence-electron chi connectivity index (χ3n) is 9.42. The minimum Gasteiger partial charge on any atom is -0.309 e. The lowest BCUT2D eigenvalue weighted by Gasteiger charge is -2.10. The smallest absolute Gasteiger partial charge is 0.0542 e. The molecule has 0 radical (unpaired) electrons. The fourth-order valence-electron chi connectivity index (χ4n) is 7.53. The maximum absolute atomic E-state index is 2.41. The van der Waals surface area contributed by atoms with Gasteiger partial charge in [0.1, 0.15) is 0 Å². The Morgan fingerprint density at radius 2 is 0.553 bits per heavy atom. The van der Waals surface area contributed by atoms with E-state index in [1.807, 2.05) is 13.8 Å². The Bertz CT molecular complexity index is 2480. The standard InChI is InChI=1S/C42H27N3.C2H6/c1-2-12-28(13-3-1)43-41-24-22-29(44-37-18-8-4-14-31(37)32-15-5-9-19-38(32)44)26-35(41)36-27-30(23-25-42(36)43)45-39-20-10-6-16-33(39)34-17-7-11-21-40(34)45;1-2/h1-27H;1-2H3. The average molecular weight is 604 g/mol. The van der Waals surface area contributed by atoms with Crippen molar-refractivity contribution in [2.24, 2.45) is 0 Å². The van der Waals surface area contributed by atoms with Crippen molar-refractivity contribution in [1.29, 1.82) is 0 Å². The van der Waals surface area contributed by atoms with E-state index in [-0.39, 0.29) is 0 Å². The van der Waals surface area contributed by atoms with Gasteiger partial charge in [-0.1, -0.05) is 105 Å². The molecular formula is C44H33N3. The first-order valence-corrected chi connectivity index (χ1v) is 16.5. The first kappa shape index (κ1) is 27.3. The van der Waals surface area contributed by atoms with Crippen LogP contribution in [0.25, 0.3) is 82.5 Å². The maximum atomic E-state index is 2.41. The molecule has 3 heteroatoms. The molecule has 10 rings (SSSR count). The van der Waals surface area contributed by atoms with Crippen LogP contribution in [-0.2, 0) is 0 Å². The van der Waals surface area contributed by atoms with Crippen LogP contribution in [0.15, 0.2) is 164 Å². The van der Waals surface area contributed by atoms with E-state index in [9.17, 15) is 0 Å². The first-order chi connectivity index (χ1) is 23.3. The van der Waals surface area contributed by atoms with Gasteiger partial charge in [0, 0.05) is 49.4 Å². The third kappa shape index (κ3) is 4.00. The Morgan fingerprint density at radius 3 is 0.936 bits per heavy atom. The van der Waals surface area contributed by atoms with Gasteiger partial charge in [-0.15, -0.1) is 0 Å². The fourth-order valence-corrected chi connectivity index (χ4v) is 7.53. The van der Waals surface area contributed by atoms with Gasteiger partial charge in [0.2, 0.25) is 0 Å². The lowest BCUT2D eigenvalue weighted by atomic mass is 10.1. The summed E-state index contributed by atoms with van der Waals surface area (Å²) in [6.45, 7) is 4.00. The summed E-state index contributed by atoms with van der Waals surface area (Å²) in [5.74, 6) is 0. The average Bonchev–Trinajstić information content (AvgIpc) is 3.78. The Morgan fingerprint density at radius 1 is 0.255 bits per heavy atom. The number of para-hydroxylation sites is 5. The lowest BCUT2D eigenvalue weighted by Crippen LogP contribution is -1.96. The molecule has 0 atom stereocenters. The molecule has 0 saturated heterocycles. The van der Waals surface area contributed by atoms with Crippen molar-refractivity contribution in [3.05, 3.63) is 164 Å². The van der Waals surface area contributed by atoms with Crippen LogP contribution in [0.3, 0.4) is 0 Å². The normalized spacial score (nSPS) is 11.6. The Balaban J connectivity index is 0.00000149. The summed E-state index contributed by atoms with van der Waals surface area (Å²) >= 11 is 0. The van der Waals surface area contributed by atoms with Crippen molar-refractivity contribution in [2.75, 3.05) is 0 Å². The highest BCUT2D eigenvalue weighted by Gasteiger charge is 2.18. The molecule has 3 heterocycles. The lowest BCUT2D eigenvalue weighted by molar-refractivity contribution is 1.16. The summed E-state index contributed by atoms with van der Waals surface area (Å²) in [7, 11) is 0. The first-order valence-electron chi connectivity index (χ1n) is 16.5. The summed E-state index contributed by atoms with van der Waals surface area (Å²) in [6, 6.07) is 59.5.